The Morgan fingerprint density at radius 1 is 1.67 bits per heavy atom. The smallest absolute Gasteiger partial charge is 0.171 e. The molecule has 1 aromatic rings. The maximum absolute atomic E-state index is 5.68. The monoisotopic (exact) mass is 167 g/mol. The van der Waals surface area contributed by atoms with Crippen LogP contribution in [0.3, 0.4) is 0 Å². The Hall–Kier alpha value is -1.03. The third kappa shape index (κ3) is 0.914. The largest absolute Gasteiger partial charge is 0.381 e. The predicted octanol–water partition coefficient (Wildman–Crippen LogP) is 0.806. The van der Waals surface area contributed by atoms with E-state index in [9.17, 15) is 0 Å². The summed E-state index contributed by atoms with van der Waals surface area (Å²) in [4.78, 5) is 2.25. The molecule has 2 rings (SSSR count). The van der Waals surface area contributed by atoms with E-state index in [0.717, 1.165) is 24.3 Å². The molecule has 1 unspecified atom stereocenters. The summed E-state index contributed by atoms with van der Waals surface area (Å²) >= 11 is 0. The van der Waals surface area contributed by atoms with Crippen molar-refractivity contribution >= 4 is 5.82 Å². The van der Waals surface area contributed by atoms with Gasteiger partial charge >= 0.3 is 0 Å². The second-order valence-corrected chi connectivity index (χ2v) is 3.31. The molecule has 2 heterocycles. The number of hydrogen-bond acceptors (Lipinski definition) is 4. The highest BCUT2D eigenvalue weighted by molar-refractivity contribution is 5.43. The van der Waals surface area contributed by atoms with Crippen LogP contribution < -0.4 is 5.73 Å². The molecule has 4 nitrogen and oxygen atoms in total. The van der Waals surface area contributed by atoms with E-state index in [1.807, 2.05) is 0 Å². The first kappa shape index (κ1) is 7.61. The number of aromatic nitrogens is 1. The van der Waals surface area contributed by atoms with Crippen LogP contribution in [0.2, 0.25) is 0 Å². The molecular formula is C8H13N3O. The number of fused-ring (bicyclic) bond motifs is 1. The number of likely N-dealkylation sites (N-methyl/N-ethyl adjacent to an activating group) is 1. The second-order valence-electron chi connectivity index (χ2n) is 3.31. The molecule has 66 valence electrons. The van der Waals surface area contributed by atoms with Crippen molar-refractivity contribution in [3.8, 4) is 0 Å². The summed E-state index contributed by atoms with van der Waals surface area (Å²) in [6.07, 6.45) is 0.917. The maximum Gasteiger partial charge on any atom is 0.171 e. The Labute approximate surface area is 71.3 Å². The van der Waals surface area contributed by atoms with Gasteiger partial charge in [0.1, 0.15) is 5.76 Å². The number of nitrogens with zero attached hydrogens (tertiary/aromatic N) is 2. The van der Waals surface area contributed by atoms with Gasteiger partial charge in [0.25, 0.3) is 0 Å². The Kier molecular flexibility index (Phi) is 1.58. The van der Waals surface area contributed by atoms with Gasteiger partial charge in [-0.25, -0.2) is 0 Å². The third-order valence-electron chi connectivity index (χ3n) is 2.60. The molecule has 1 aromatic heterocycles. The first-order valence-corrected chi connectivity index (χ1v) is 4.14. The molecule has 0 aromatic carbocycles. The quantitative estimate of drug-likeness (QED) is 0.621. The van der Waals surface area contributed by atoms with Crippen LogP contribution >= 0.6 is 0 Å². The molecule has 0 radical (unpaired) electrons. The van der Waals surface area contributed by atoms with E-state index in [0.29, 0.717) is 11.9 Å². The molecule has 1 aliphatic rings. The van der Waals surface area contributed by atoms with Crippen LogP contribution in [0.15, 0.2) is 4.52 Å². The Bertz CT molecular complexity index is 294. The van der Waals surface area contributed by atoms with E-state index in [-0.39, 0.29) is 0 Å². The third-order valence-corrected chi connectivity index (χ3v) is 2.60. The highest BCUT2D eigenvalue weighted by Gasteiger charge is 2.27. The first-order valence-electron chi connectivity index (χ1n) is 4.14. The van der Waals surface area contributed by atoms with Gasteiger partial charge in [0.05, 0.1) is 5.56 Å². The standard InChI is InChI=1S/C8H13N3O/c1-5-7-6(3-4-11(5)2)12-10-8(7)9/h5H,3-4H2,1-2H3,(H2,9,10). The summed E-state index contributed by atoms with van der Waals surface area (Å²) in [5, 5.41) is 3.76. The van der Waals surface area contributed by atoms with Crippen molar-refractivity contribution in [3.63, 3.8) is 0 Å². The molecule has 12 heavy (non-hydrogen) atoms. The van der Waals surface area contributed by atoms with Crippen molar-refractivity contribution in [2.75, 3.05) is 19.3 Å². The van der Waals surface area contributed by atoms with Crippen LogP contribution in [0.5, 0.6) is 0 Å². The number of rotatable bonds is 0. The molecule has 1 aliphatic heterocycles. The lowest BCUT2D eigenvalue weighted by Gasteiger charge is -2.28. The summed E-state index contributed by atoms with van der Waals surface area (Å²) in [7, 11) is 2.08. The average Bonchev–Trinajstić information content (AvgIpc) is 2.41. The second kappa shape index (κ2) is 2.48. The normalized spacial score (nSPS) is 24.0. The van der Waals surface area contributed by atoms with Crippen LogP contribution in [0.1, 0.15) is 24.3 Å². The fraction of sp³-hybridized carbons (Fsp3) is 0.625. The number of hydrogen-bond donors (Lipinski definition) is 1. The minimum absolute atomic E-state index is 0.333. The number of nitrogens with two attached hydrogens (primary N) is 1. The summed E-state index contributed by atoms with van der Waals surface area (Å²) in [6.45, 7) is 3.13. The molecule has 0 spiro atoms. The van der Waals surface area contributed by atoms with Gasteiger partial charge in [0.2, 0.25) is 0 Å². The minimum Gasteiger partial charge on any atom is -0.381 e. The van der Waals surface area contributed by atoms with Crippen molar-refractivity contribution in [2.45, 2.75) is 19.4 Å². The van der Waals surface area contributed by atoms with Crippen molar-refractivity contribution in [1.29, 1.82) is 0 Å². The van der Waals surface area contributed by atoms with Crippen molar-refractivity contribution in [3.05, 3.63) is 11.3 Å². The van der Waals surface area contributed by atoms with Gasteiger partial charge in [-0.1, -0.05) is 5.16 Å². The lowest BCUT2D eigenvalue weighted by molar-refractivity contribution is 0.229. The summed E-state index contributed by atoms with van der Waals surface area (Å²) in [5.41, 5.74) is 6.76. The molecule has 0 bridgehead atoms. The van der Waals surface area contributed by atoms with Crippen LogP contribution in [0.4, 0.5) is 5.82 Å². The van der Waals surface area contributed by atoms with E-state index in [4.69, 9.17) is 10.3 Å². The topological polar surface area (TPSA) is 55.3 Å². The van der Waals surface area contributed by atoms with E-state index >= 15 is 0 Å². The zero-order valence-electron chi connectivity index (χ0n) is 7.37. The highest BCUT2D eigenvalue weighted by atomic mass is 16.5. The maximum atomic E-state index is 5.68. The molecule has 0 saturated carbocycles. The van der Waals surface area contributed by atoms with Crippen LogP contribution in [0, 0.1) is 0 Å². The molecule has 0 aliphatic carbocycles. The first-order chi connectivity index (χ1) is 5.70. The van der Waals surface area contributed by atoms with Crippen molar-refractivity contribution < 1.29 is 4.52 Å². The fourth-order valence-corrected chi connectivity index (χ4v) is 1.66. The zero-order valence-corrected chi connectivity index (χ0v) is 7.37. The summed E-state index contributed by atoms with van der Waals surface area (Å²) in [6, 6.07) is 0.333. The molecule has 0 fully saturated rings. The number of nitrogen functional groups attached to an aromatic ring is 1. The average molecular weight is 167 g/mol. The van der Waals surface area contributed by atoms with Crippen LogP contribution in [0.25, 0.3) is 0 Å². The zero-order chi connectivity index (χ0) is 8.72. The van der Waals surface area contributed by atoms with Gasteiger partial charge in [-0.05, 0) is 14.0 Å². The number of anilines is 1. The highest BCUT2D eigenvalue weighted by Crippen LogP contribution is 2.31. The summed E-state index contributed by atoms with van der Waals surface area (Å²) < 4.78 is 5.10. The minimum atomic E-state index is 0.333. The van der Waals surface area contributed by atoms with Crippen molar-refractivity contribution in [2.24, 2.45) is 0 Å². The fourth-order valence-electron chi connectivity index (χ4n) is 1.66. The predicted molar refractivity (Wildman–Crippen MR) is 45.7 cm³/mol. The Balaban J connectivity index is 2.45. The SMILES string of the molecule is CC1c2c(N)noc2CCN1C. The molecule has 1 atom stereocenters. The van der Waals surface area contributed by atoms with E-state index in [2.05, 4.69) is 24.0 Å². The lowest BCUT2D eigenvalue weighted by atomic mass is 10.0. The van der Waals surface area contributed by atoms with Gasteiger partial charge < -0.3 is 10.3 Å². The van der Waals surface area contributed by atoms with E-state index in [1.54, 1.807) is 0 Å². The van der Waals surface area contributed by atoms with Gasteiger partial charge in [0, 0.05) is 19.0 Å². The molecule has 4 heteroatoms. The van der Waals surface area contributed by atoms with Crippen LogP contribution in [-0.2, 0) is 6.42 Å². The van der Waals surface area contributed by atoms with E-state index < -0.39 is 0 Å². The molecule has 0 saturated heterocycles. The molecule has 2 N–H and O–H groups in total. The summed E-state index contributed by atoms with van der Waals surface area (Å²) in [5.74, 6) is 1.50. The van der Waals surface area contributed by atoms with E-state index in [1.165, 1.54) is 0 Å². The van der Waals surface area contributed by atoms with Gasteiger partial charge in [-0.15, -0.1) is 0 Å². The Morgan fingerprint density at radius 2 is 2.42 bits per heavy atom. The molecule has 0 amide bonds. The van der Waals surface area contributed by atoms with Crippen molar-refractivity contribution in [1.82, 2.24) is 10.1 Å². The van der Waals surface area contributed by atoms with Gasteiger partial charge in [-0.3, -0.25) is 4.90 Å². The van der Waals surface area contributed by atoms with Gasteiger partial charge in [-0.2, -0.15) is 0 Å². The van der Waals surface area contributed by atoms with Crippen LogP contribution in [-0.4, -0.2) is 23.6 Å². The Morgan fingerprint density at radius 3 is 3.17 bits per heavy atom. The molecular weight excluding hydrogens is 154 g/mol. The lowest BCUT2D eigenvalue weighted by Crippen LogP contribution is -2.29. The van der Waals surface area contributed by atoms with Gasteiger partial charge in [0.15, 0.2) is 5.82 Å².